The molecular formula is C14H14N2O2. The number of aromatic nitrogens is 2. The van der Waals surface area contributed by atoms with Crippen LogP contribution in [0.15, 0.2) is 29.1 Å². The average Bonchev–Trinajstić information content (AvgIpc) is 3.19. The third-order valence-electron chi connectivity index (χ3n) is 3.36. The second kappa shape index (κ2) is 3.98. The van der Waals surface area contributed by atoms with E-state index in [1.54, 1.807) is 6.92 Å². The predicted octanol–water partition coefficient (Wildman–Crippen LogP) is 2.33. The summed E-state index contributed by atoms with van der Waals surface area (Å²) in [7, 11) is 0. The lowest BCUT2D eigenvalue weighted by Crippen LogP contribution is -2.12. The molecule has 0 aliphatic heterocycles. The number of nitrogens with zero attached hydrogens (tertiary/aromatic N) is 1. The van der Waals surface area contributed by atoms with Crippen molar-refractivity contribution in [3.8, 4) is 17.3 Å². The molecular weight excluding hydrogens is 228 g/mol. The summed E-state index contributed by atoms with van der Waals surface area (Å²) in [6, 6.07) is 7.89. The third kappa shape index (κ3) is 1.79. The van der Waals surface area contributed by atoms with Gasteiger partial charge in [0.25, 0.3) is 5.56 Å². The molecule has 0 spiro atoms. The minimum atomic E-state index is -0.289. The van der Waals surface area contributed by atoms with Crippen LogP contribution >= 0.6 is 0 Å². The van der Waals surface area contributed by atoms with E-state index in [1.807, 2.05) is 18.2 Å². The van der Waals surface area contributed by atoms with Crippen LogP contribution in [0.2, 0.25) is 0 Å². The number of hydrogen-bond donors (Lipinski definition) is 2. The highest BCUT2D eigenvalue weighted by molar-refractivity contribution is 5.62. The summed E-state index contributed by atoms with van der Waals surface area (Å²) in [5, 5.41) is 9.66. The van der Waals surface area contributed by atoms with Gasteiger partial charge >= 0.3 is 0 Å². The van der Waals surface area contributed by atoms with E-state index in [0.717, 1.165) is 5.56 Å². The van der Waals surface area contributed by atoms with Crippen molar-refractivity contribution in [2.24, 2.45) is 0 Å². The molecule has 0 unspecified atom stereocenters. The van der Waals surface area contributed by atoms with Crippen LogP contribution in [0.3, 0.4) is 0 Å². The zero-order valence-corrected chi connectivity index (χ0v) is 10.1. The summed E-state index contributed by atoms with van der Waals surface area (Å²) >= 11 is 0. The van der Waals surface area contributed by atoms with Gasteiger partial charge in [-0.3, -0.25) is 4.79 Å². The lowest BCUT2D eigenvalue weighted by Gasteiger charge is -2.08. The van der Waals surface area contributed by atoms with Gasteiger partial charge in [0, 0.05) is 5.56 Å². The Balaban J connectivity index is 2.18. The molecule has 4 nitrogen and oxygen atoms in total. The van der Waals surface area contributed by atoms with Crippen LogP contribution in [0.1, 0.15) is 29.9 Å². The number of aromatic hydroxyl groups is 1. The summed E-state index contributed by atoms with van der Waals surface area (Å²) < 4.78 is 0. The van der Waals surface area contributed by atoms with E-state index in [4.69, 9.17) is 0 Å². The molecule has 1 fully saturated rings. The Bertz CT molecular complexity index is 657. The van der Waals surface area contributed by atoms with Crippen LogP contribution in [0.25, 0.3) is 11.4 Å². The Morgan fingerprint density at radius 3 is 2.72 bits per heavy atom. The molecule has 92 valence electrons. The van der Waals surface area contributed by atoms with Crippen molar-refractivity contribution in [1.29, 1.82) is 0 Å². The van der Waals surface area contributed by atoms with Gasteiger partial charge in [0.15, 0.2) is 0 Å². The molecule has 1 aromatic heterocycles. The topological polar surface area (TPSA) is 66.0 Å². The molecule has 18 heavy (non-hydrogen) atoms. The van der Waals surface area contributed by atoms with Crippen molar-refractivity contribution in [1.82, 2.24) is 9.97 Å². The molecule has 0 bridgehead atoms. The summed E-state index contributed by atoms with van der Waals surface area (Å²) in [6.45, 7) is 1.55. The second-order valence-electron chi connectivity index (χ2n) is 4.72. The number of hydrogen-bond acceptors (Lipinski definition) is 3. The largest absolute Gasteiger partial charge is 0.493 e. The second-order valence-corrected chi connectivity index (χ2v) is 4.72. The van der Waals surface area contributed by atoms with E-state index >= 15 is 0 Å². The highest BCUT2D eigenvalue weighted by Crippen LogP contribution is 2.43. The Morgan fingerprint density at radius 1 is 1.33 bits per heavy atom. The molecule has 2 N–H and O–H groups in total. The molecule has 1 heterocycles. The molecule has 1 aromatic carbocycles. The Morgan fingerprint density at radius 2 is 2.06 bits per heavy atom. The van der Waals surface area contributed by atoms with Crippen LogP contribution in [0.5, 0.6) is 5.88 Å². The zero-order valence-electron chi connectivity index (χ0n) is 10.1. The first kappa shape index (κ1) is 11.0. The number of nitrogens with one attached hydrogen (secondary N) is 1. The Hall–Kier alpha value is -2.10. The first-order valence-corrected chi connectivity index (χ1v) is 6.06. The number of rotatable bonds is 2. The minimum Gasteiger partial charge on any atom is -0.493 e. The van der Waals surface area contributed by atoms with Gasteiger partial charge in [-0.1, -0.05) is 24.3 Å². The van der Waals surface area contributed by atoms with Gasteiger partial charge in [-0.15, -0.1) is 0 Å². The SMILES string of the molecule is Cc1c(O)nc(-c2ccccc2C2CC2)[nH]c1=O. The molecule has 1 aliphatic carbocycles. The average molecular weight is 242 g/mol. The molecule has 2 aromatic rings. The minimum absolute atomic E-state index is 0.195. The first-order valence-electron chi connectivity index (χ1n) is 6.06. The van der Waals surface area contributed by atoms with Gasteiger partial charge in [-0.05, 0) is 31.2 Å². The predicted molar refractivity (Wildman–Crippen MR) is 68.7 cm³/mol. The highest BCUT2D eigenvalue weighted by Gasteiger charge is 2.26. The van der Waals surface area contributed by atoms with E-state index in [0.29, 0.717) is 11.7 Å². The lowest BCUT2D eigenvalue weighted by molar-refractivity contribution is 0.447. The zero-order chi connectivity index (χ0) is 12.7. The van der Waals surface area contributed by atoms with E-state index in [2.05, 4.69) is 16.0 Å². The van der Waals surface area contributed by atoms with Crippen molar-refractivity contribution in [3.05, 3.63) is 45.7 Å². The standard InChI is InChI=1S/C14H14N2O2/c1-8-13(17)15-12(16-14(8)18)11-5-3-2-4-10(11)9-6-7-9/h2-5,9H,6-7H2,1H3,(H2,15,16,17,18). The van der Waals surface area contributed by atoms with Gasteiger partial charge in [0.1, 0.15) is 5.82 Å². The van der Waals surface area contributed by atoms with E-state index < -0.39 is 0 Å². The molecule has 4 heteroatoms. The normalized spacial score (nSPS) is 14.7. The van der Waals surface area contributed by atoms with E-state index in [9.17, 15) is 9.90 Å². The molecule has 0 atom stereocenters. The monoisotopic (exact) mass is 242 g/mol. The first-order chi connectivity index (χ1) is 8.66. The number of aromatic amines is 1. The van der Waals surface area contributed by atoms with Crippen LogP contribution in [-0.4, -0.2) is 15.1 Å². The summed E-state index contributed by atoms with van der Waals surface area (Å²) in [6.07, 6.45) is 2.36. The molecule has 3 rings (SSSR count). The van der Waals surface area contributed by atoms with Crippen LogP contribution in [0.4, 0.5) is 0 Å². The van der Waals surface area contributed by atoms with E-state index in [-0.39, 0.29) is 17.0 Å². The maximum atomic E-state index is 11.7. The summed E-state index contributed by atoms with van der Waals surface area (Å²) in [5.41, 5.74) is 2.07. The Kier molecular flexibility index (Phi) is 2.44. The number of benzene rings is 1. The fourth-order valence-electron chi connectivity index (χ4n) is 2.11. The van der Waals surface area contributed by atoms with Gasteiger partial charge < -0.3 is 10.1 Å². The highest BCUT2D eigenvalue weighted by atomic mass is 16.3. The van der Waals surface area contributed by atoms with Gasteiger partial charge in [0.2, 0.25) is 5.88 Å². The molecule has 1 aliphatic rings. The maximum absolute atomic E-state index is 11.7. The van der Waals surface area contributed by atoms with E-state index in [1.165, 1.54) is 18.4 Å². The quantitative estimate of drug-likeness (QED) is 0.849. The van der Waals surface area contributed by atoms with Crippen molar-refractivity contribution in [2.75, 3.05) is 0 Å². The molecule has 0 saturated heterocycles. The molecule has 0 amide bonds. The van der Waals surface area contributed by atoms with Gasteiger partial charge in [-0.25, -0.2) is 0 Å². The van der Waals surface area contributed by atoms with Gasteiger partial charge in [-0.2, -0.15) is 4.98 Å². The molecule has 1 saturated carbocycles. The fraction of sp³-hybridized carbons (Fsp3) is 0.286. The van der Waals surface area contributed by atoms with Crippen molar-refractivity contribution < 1.29 is 5.11 Å². The van der Waals surface area contributed by atoms with Crippen molar-refractivity contribution in [2.45, 2.75) is 25.7 Å². The van der Waals surface area contributed by atoms with Crippen molar-refractivity contribution in [3.63, 3.8) is 0 Å². The molecule has 0 radical (unpaired) electrons. The lowest BCUT2D eigenvalue weighted by atomic mass is 10.0. The maximum Gasteiger partial charge on any atom is 0.257 e. The number of H-pyrrole nitrogens is 1. The summed E-state index contributed by atoms with van der Waals surface area (Å²) in [4.78, 5) is 18.5. The van der Waals surface area contributed by atoms with Crippen LogP contribution in [0, 0.1) is 6.92 Å². The third-order valence-corrected chi connectivity index (χ3v) is 3.36. The summed E-state index contributed by atoms with van der Waals surface area (Å²) in [5.74, 6) is 0.819. The van der Waals surface area contributed by atoms with Crippen LogP contribution < -0.4 is 5.56 Å². The Labute approximate surface area is 104 Å². The van der Waals surface area contributed by atoms with Gasteiger partial charge in [0.05, 0.1) is 5.56 Å². The van der Waals surface area contributed by atoms with Crippen LogP contribution in [-0.2, 0) is 0 Å². The smallest absolute Gasteiger partial charge is 0.257 e. The fourth-order valence-corrected chi connectivity index (χ4v) is 2.11. The van der Waals surface area contributed by atoms with Crippen molar-refractivity contribution >= 4 is 0 Å².